The summed E-state index contributed by atoms with van der Waals surface area (Å²) in [7, 11) is -3.40. The van der Waals surface area contributed by atoms with Crippen LogP contribution in [0.1, 0.15) is 89.5 Å². The lowest BCUT2D eigenvalue weighted by molar-refractivity contribution is 0.0456. The second-order valence-electron chi connectivity index (χ2n) is 13.1. The Kier molecular flexibility index (Phi) is 15.7. The van der Waals surface area contributed by atoms with Crippen molar-refractivity contribution in [3.05, 3.63) is 0 Å². The maximum absolute atomic E-state index is 11.9. The molecule has 222 valence electrons. The van der Waals surface area contributed by atoms with Crippen molar-refractivity contribution in [1.29, 1.82) is 0 Å². The second kappa shape index (κ2) is 15.3. The minimum atomic E-state index is -3.40. The van der Waals surface area contributed by atoms with Crippen LogP contribution in [0.4, 0.5) is 9.59 Å². The number of ether oxygens (including phenoxy) is 2. The zero-order valence-corrected chi connectivity index (χ0v) is 26.6. The number of carbonyl (C=O) groups excluding carboxylic acids is 2. The molecular formula is C25H53ClN4O6S. The second-order valence-corrected chi connectivity index (χ2v) is 15.4. The highest BCUT2D eigenvalue weighted by molar-refractivity contribution is 7.89. The fourth-order valence-electron chi connectivity index (χ4n) is 2.63. The average molecular weight is 573 g/mol. The Morgan fingerprint density at radius 3 is 1.46 bits per heavy atom. The van der Waals surface area contributed by atoms with Gasteiger partial charge in [0.1, 0.15) is 11.2 Å². The number of sulfonamides is 1. The summed E-state index contributed by atoms with van der Waals surface area (Å²) in [6.07, 6.45) is -0.587. The molecule has 0 rings (SSSR count). The molecule has 0 aliphatic rings. The highest BCUT2D eigenvalue weighted by Crippen LogP contribution is 2.20. The van der Waals surface area contributed by atoms with Crippen LogP contribution < -0.4 is 21.1 Å². The molecule has 0 unspecified atom stereocenters. The molecule has 2 atom stereocenters. The molecule has 12 heteroatoms. The van der Waals surface area contributed by atoms with E-state index in [0.29, 0.717) is 18.8 Å². The smallest absolute Gasteiger partial charge is 0.407 e. The number of alkyl carbamates (subject to hydrolysis) is 2. The summed E-state index contributed by atoms with van der Waals surface area (Å²) in [5.41, 5.74) is 4.13. The van der Waals surface area contributed by atoms with Crippen molar-refractivity contribution in [2.75, 3.05) is 24.7 Å². The number of nitrogens with one attached hydrogen (secondary N) is 3. The molecule has 0 aliphatic carbocycles. The van der Waals surface area contributed by atoms with E-state index in [1.54, 1.807) is 20.8 Å². The standard InChI is InChI=1S/C14H29ClN2O4S.C11H24N2O2/c1-13(2,3)11(17-12(18)21-14(4,5)6)10-16-22(19,20)9-7-8-15;1-10(2,3)8(7-12)13-9(14)15-11(4,5)6/h11,16H,7-10H2,1-6H3,(H,17,18);8H,7,12H2,1-6H3,(H,13,14)/t11-;8-/m11/s1. The van der Waals surface area contributed by atoms with Gasteiger partial charge in [-0.1, -0.05) is 41.5 Å². The quantitative estimate of drug-likeness (QED) is 0.300. The Morgan fingerprint density at radius 1 is 0.784 bits per heavy atom. The predicted octanol–water partition coefficient (Wildman–Crippen LogP) is 4.36. The van der Waals surface area contributed by atoms with Gasteiger partial charge in [0, 0.05) is 25.0 Å². The van der Waals surface area contributed by atoms with Gasteiger partial charge in [-0.25, -0.2) is 22.7 Å². The summed E-state index contributed by atoms with van der Waals surface area (Å²) in [6.45, 7) is 23.2. The van der Waals surface area contributed by atoms with Gasteiger partial charge in [0.25, 0.3) is 0 Å². The summed E-state index contributed by atoms with van der Waals surface area (Å²) in [5, 5.41) is 5.51. The summed E-state index contributed by atoms with van der Waals surface area (Å²) < 4.78 is 36.5. The molecule has 0 aromatic rings. The van der Waals surface area contributed by atoms with E-state index in [0.717, 1.165) is 0 Å². The van der Waals surface area contributed by atoms with Crippen molar-refractivity contribution in [2.24, 2.45) is 16.6 Å². The number of carbonyl (C=O) groups is 2. The van der Waals surface area contributed by atoms with Gasteiger partial charge in [0.15, 0.2) is 0 Å². The van der Waals surface area contributed by atoms with E-state index in [4.69, 9.17) is 26.8 Å². The maximum Gasteiger partial charge on any atom is 0.407 e. The molecule has 0 saturated heterocycles. The van der Waals surface area contributed by atoms with Crippen LogP contribution in [0.25, 0.3) is 0 Å². The van der Waals surface area contributed by atoms with Gasteiger partial charge in [-0.2, -0.15) is 0 Å². The molecule has 0 saturated carbocycles. The summed E-state index contributed by atoms with van der Waals surface area (Å²) >= 11 is 5.51. The van der Waals surface area contributed by atoms with Crippen LogP contribution in [0.2, 0.25) is 0 Å². The predicted molar refractivity (Wildman–Crippen MR) is 151 cm³/mol. The Hall–Kier alpha value is -1.30. The summed E-state index contributed by atoms with van der Waals surface area (Å²) in [5.74, 6) is 0.263. The Labute approximate surface area is 230 Å². The van der Waals surface area contributed by atoms with Crippen LogP contribution in [0.3, 0.4) is 0 Å². The monoisotopic (exact) mass is 572 g/mol. The molecule has 0 aliphatic heterocycles. The number of hydrogen-bond acceptors (Lipinski definition) is 7. The maximum atomic E-state index is 11.9. The SMILES string of the molecule is CC(C)(C)OC(=O)N[C@H](CN)C(C)(C)C.CC(C)(C)OC(=O)N[C@H](CNS(=O)(=O)CCCCl)C(C)(C)C. The van der Waals surface area contributed by atoms with Gasteiger partial charge in [-0.05, 0) is 58.8 Å². The van der Waals surface area contributed by atoms with E-state index in [2.05, 4.69) is 15.4 Å². The first-order valence-corrected chi connectivity index (χ1v) is 14.7. The molecule has 0 radical (unpaired) electrons. The Morgan fingerprint density at radius 2 is 1.16 bits per heavy atom. The highest BCUT2D eigenvalue weighted by Gasteiger charge is 2.30. The Bertz CT molecular complexity index is 794. The normalized spacial score (nSPS) is 14.5. The van der Waals surface area contributed by atoms with Crippen LogP contribution in [-0.2, 0) is 19.5 Å². The molecular weight excluding hydrogens is 520 g/mol. The number of nitrogens with two attached hydrogens (primary N) is 1. The molecule has 0 spiro atoms. The molecule has 37 heavy (non-hydrogen) atoms. The van der Waals surface area contributed by atoms with E-state index >= 15 is 0 Å². The molecule has 2 amide bonds. The third kappa shape index (κ3) is 21.3. The zero-order chi connectivity index (χ0) is 29.9. The average Bonchev–Trinajstić information content (AvgIpc) is 2.63. The number of amides is 2. The first kappa shape index (κ1) is 37.9. The van der Waals surface area contributed by atoms with Gasteiger partial charge in [0.2, 0.25) is 10.0 Å². The molecule has 5 N–H and O–H groups in total. The first-order valence-electron chi connectivity index (χ1n) is 12.6. The van der Waals surface area contributed by atoms with Crippen molar-refractivity contribution in [3.8, 4) is 0 Å². The first-order chi connectivity index (χ1) is 16.3. The number of rotatable bonds is 9. The number of alkyl halides is 1. The van der Waals surface area contributed by atoms with Gasteiger partial charge >= 0.3 is 12.2 Å². The third-order valence-electron chi connectivity index (χ3n) is 4.76. The van der Waals surface area contributed by atoms with Crippen LogP contribution in [0.5, 0.6) is 0 Å². The van der Waals surface area contributed by atoms with Gasteiger partial charge < -0.3 is 25.8 Å². The minimum Gasteiger partial charge on any atom is -0.444 e. The highest BCUT2D eigenvalue weighted by atomic mass is 35.5. The van der Waals surface area contributed by atoms with Crippen molar-refractivity contribution >= 4 is 33.8 Å². The third-order valence-corrected chi connectivity index (χ3v) is 6.46. The fraction of sp³-hybridized carbons (Fsp3) is 0.920. The summed E-state index contributed by atoms with van der Waals surface area (Å²) in [6, 6.07) is -0.472. The summed E-state index contributed by atoms with van der Waals surface area (Å²) in [4.78, 5) is 23.4. The van der Waals surface area contributed by atoms with Gasteiger partial charge in [-0.3, -0.25) is 0 Å². The molecule has 10 nitrogen and oxygen atoms in total. The van der Waals surface area contributed by atoms with Crippen LogP contribution in [0.15, 0.2) is 0 Å². The minimum absolute atomic E-state index is 0.0280. The van der Waals surface area contributed by atoms with Crippen molar-refractivity contribution in [1.82, 2.24) is 15.4 Å². The van der Waals surface area contributed by atoms with Gasteiger partial charge in [-0.15, -0.1) is 11.6 Å². The Balaban J connectivity index is 0. The lowest BCUT2D eigenvalue weighted by Gasteiger charge is -2.32. The lowest BCUT2D eigenvalue weighted by atomic mass is 9.87. The topological polar surface area (TPSA) is 149 Å². The van der Waals surface area contributed by atoms with E-state index in [-0.39, 0.29) is 29.2 Å². The van der Waals surface area contributed by atoms with Crippen LogP contribution in [-0.4, -0.2) is 68.6 Å². The van der Waals surface area contributed by atoms with Crippen molar-refractivity contribution < 1.29 is 27.5 Å². The van der Waals surface area contributed by atoms with E-state index < -0.39 is 39.5 Å². The molecule has 0 bridgehead atoms. The number of halogens is 1. The van der Waals surface area contributed by atoms with E-state index in [1.807, 2.05) is 62.3 Å². The van der Waals surface area contributed by atoms with Crippen molar-refractivity contribution in [3.63, 3.8) is 0 Å². The number of hydrogen-bond donors (Lipinski definition) is 4. The molecule has 0 heterocycles. The van der Waals surface area contributed by atoms with E-state index in [9.17, 15) is 18.0 Å². The molecule has 0 aromatic heterocycles. The van der Waals surface area contributed by atoms with Crippen LogP contribution >= 0.6 is 11.6 Å². The molecule has 0 aromatic carbocycles. The largest absolute Gasteiger partial charge is 0.444 e. The fourth-order valence-corrected chi connectivity index (χ4v) is 4.01. The lowest BCUT2D eigenvalue weighted by Crippen LogP contribution is -2.51. The van der Waals surface area contributed by atoms with E-state index in [1.165, 1.54) is 0 Å². The van der Waals surface area contributed by atoms with Gasteiger partial charge in [0.05, 0.1) is 11.8 Å². The molecule has 0 fully saturated rings. The van der Waals surface area contributed by atoms with Crippen LogP contribution in [0, 0.1) is 10.8 Å². The zero-order valence-electron chi connectivity index (χ0n) is 25.0. The van der Waals surface area contributed by atoms with Crippen molar-refractivity contribution in [2.45, 2.75) is 113 Å².